The van der Waals surface area contributed by atoms with Gasteiger partial charge in [0.05, 0.1) is 12.1 Å². The maximum atomic E-state index is 11.8. The van der Waals surface area contributed by atoms with Gasteiger partial charge in [-0.05, 0) is 51.3 Å². The number of hydrogen-bond acceptors (Lipinski definition) is 4. The number of aliphatic hydroxyl groups excluding tert-OH is 1. The second-order valence-corrected chi connectivity index (χ2v) is 5.79. The number of aliphatic hydroxyl groups is 1. The molecule has 0 spiro atoms. The summed E-state index contributed by atoms with van der Waals surface area (Å²) in [5, 5.41) is 12.8. The van der Waals surface area contributed by atoms with E-state index in [1.807, 2.05) is 19.1 Å². The number of aromatic nitrogens is 1. The Morgan fingerprint density at radius 3 is 2.32 bits per heavy atom. The quantitative estimate of drug-likeness (QED) is 0.853. The molecule has 0 saturated carbocycles. The number of halogens is 2. The summed E-state index contributed by atoms with van der Waals surface area (Å²) < 4.78 is 5.23. The lowest BCUT2D eigenvalue weighted by atomic mass is 10.0. The van der Waals surface area contributed by atoms with Crippen molar-refractivity contribution in [2.24, 2.45) is 0 Å². The van der Waals surface area contributed by atoms with Crippen molar-refractivity contribution in [3.63, 3.8) is 0 Å². The highest BCUT2D eigenvalue weighted by atomic mass is 35.5. The minimum Gasteiger partial charge on any atom is -0.444 e. The van der Waals surface area contributed by atoms with Gasteiger partial charge >= 0.3 is 6.09 Å². The number of nitrogens with zero attached hydrogens (tertiary/aromatic N) is 1. The summed E-state index contributed by atoms with van der Waals surface area (Å²) in [6.45, 7) is 7.29. The van der Waals surface area contributed by atoms with Crippen molar-refractivity contribution in [1.82, 2.24) is 10.3 Å². The first kappa shape index (κ1) is 23.2. The van der Waals surface area contributed by atoms with E-state index in [2.05, 4.69) is 10.3 Å². The lowest BCUT2D eigenvalue weighted by Crippen LogP contribution is -2.46. The van der Waals surface area contributed by atoms with Gasteiger partial charge in [0.15, 0.2) is 0 Å². The smallest absolute Gasteiger partial charge is 0.407 e. The van der Waals surface area contributed by atoms with Crippen LogP contribution in [0.5, 0.6) is 0 Å². The molecule has 1 aromatic rings. The Kier molecular flexibility index (Phi) is 11.2. The summed E-state index contributed by atoms with van der Waals surface area (Å²) in [6.07, 6.45) is 3.36. The van der Waals surface area contributed by atoms with Crippen LogP contribution in [0.4, 0.5) is 4.79 Å². The van der Waals surface area contributed by atoms with Gasteiger partial charge in [-0.25, -0.2) is 4.79 Å². The largest absolute Gasteiger partial charge is 0.444 e. The Hall–Kier alpha value is -1.04. The Balaban J connectivity index is 0. The van der Waals surface area contributed by atoms with Crippen molar-refractivity contribution in [3.8, 4) is 0 Å². The minimum absolute atomic E-state index is 0. The van der Waals surface area contributed by atoms with Gasteiger partial charge in [0.1, 0.15) is 5.60 Å². The second kappa shape index (κ2) is 10.6. The van der Waals surface area contributed by atoms with Crippen molar-refractivity contribution in [1.29, 1.82) is 0 Å². The van der Waals surface area contributed by atoms with Gasteiger partial charge in [-0.1, -0.05) is 6.92 Å². The van der Waals surface area contributed by atoms with E-state index in [-0.39, 0.29) is 30.9 Å². The first-order valence-corrected chi connectivity index (χ1v) is 6.88. The third kappa shape index (κ3) is 9.07. The molecule has 0 aliphatic rings. The van der Waals surface area contributed by atoms with Crippen LogP contribution in [-0.4, -0.2) is 33.9 Å². The fourth-order valence-electron chi connectivity index (χ4n) is 1.80. The van der Waals surface area contributed by atoms with Crippen LogP contribution < -0.4 is 5.32 Å². The Morgan fingerprint density at radius 1 is 1.32 bits per heavy atom. The van der Waals surface area contributed by atoms with Crippen molar-refractivity contribution in [3.05, 3.63) is 30.1 Å². The molecule has 2 N–H and O–H groups in total. The molecule has 22 heavy (non-hydrogen) atoms. The van der Waals surface area contributed by atoms with Crippen molar-refractivity contribution in [2.75, 3.05) is 0 Å². The Morgan fingerprint density at radius 2 is 1.86 bits per heavy atom. The van der Waals surface area contributed by atoms with E-state index in [0.717, 1.165) is 5.56 Å². The van der Waals surface area contributed by atoms with Crippen LogP contribution in [0.2, 0.25) is 0 Å². The molecule has 1 aromatic heterocycles. The predicted octanol–water partition coefficient (Wildman–Crippen LogP) is 3.13. The van der Waals surface area contributed by atoms with Crippen LogP contribution in [0.3, 0.4) is 0 Å². The number of nitrogens with one attached hydrogen (secondary N) is 1. The van der Waals surface area contributed by atoms with E-state index in [4.69, 9.17) is 4.74 Å². The highest BCUT2D eigenvalue weighted by molar-refractivity contribution is 5.85. The summed E-state index contributed by atoms with van der Waals surface area (Å²) in [5.74, 6) is 0. The van der Waals surface area contributed by atoms with E-state index in [0.29, 0.717) is 12.8 Å². The molecule has 0 radical (unpaired) electrons. The van der Waals surface area contributed by atoms with Gasteiger partial charge < -0.3 is 15.2 Å². The number of hydrogen-bond donors (Lipinski definition) is 2. The van der Waals surface area contributed by atoms with Crippen molar-refractivity contribution < 1.29 is 14.6 Å². The molecule has 0 bridgehead atoms. The van der Waals surface area contributed by atoms with E-state index < -0.39 is 17.8 Å². The Bertz CT molecular complexity index is 425. The van der Waals surface area contributed by atoms with Crippen LogP contribution in [0.15, 0.2) is 24.5 Å². The fourth-order valence-corrected chi connectivity index (χ4v) is 1.80. The maximum absolute atomic E-state index is 11.8. The van der Waals surface area contributed by atoms with E-state index >= 15 is 0 Å². The first-order chi connectivity index (χ1) is 9.31. The van der Waals surface area contributed by atoms with Crippen molar-refractivity contribution in [2.45, 2.75) is 58.3 Å². The average Bonchev–Trinajstić information content (AvgIpc) is 2.36. The zero-order valence-electron chi connectivity index (χ0n) is 13.4. The van der Waals surface area contributed by atoms with Gasteiger partial charge in [0.25, 0.3) is 0 Å². The molecule has 128 valence electrons. The van der Waals surface area contributed by atoms with Crippen LogP contribution in [0, 0.1) is 0 Å². The molecule has 0 aliphatic carbocycles. The molecule has 1 rings (SSSR count). The van der Waals surface area contributed by atoms with E-state index in [9.17, 15) is 9.90 Å². The molecule has 1 amide bonds. The van der Waals surface area contributed by atoms with Crippen LogP contribution in [0.25, 0.3) is 0 Å². The average molecular weight is 353 g/mol. The number of pyridine rings is 1. The summed E-state index contributed by atoms with van der Waals surface area (Å²) >= 11 is 0. The third-order valence-electron chi connectivity index (χ3n) is 2.79. The topological polar surface area (TPSA) is 71.5 Å². The summed E-state index contributed by atoms with van der Waals surface area (Å²) in [4.78, 5) is 15.8. The number of ether oxygens (including phenoxy) is 1. The lowest BCUT2D eigenvalue weighted by molar-refractivity contribution is 0.0419. The maximum Gasteiger partial charge on any atom is 0.407 e. The number of alkyl carbamates (subject to hydrolysis) is 1. The molecular formula is C15H26Cl2N2O3. The SMILES string of the molecule is CC[C@H](O)[C@@H](Cc1ccncc1)NC(=O)OC(C)(C)C.Cl.Cl. The van der Waals surface area contributed by atoms with Gasteiger partial charge in [0.2, 0.25) is 0 Å². The highest BCUT2D eigenvalue weighted by Crippen LogP contribution is 2.11. The first-order valence-electron chi connectivity index (χ1n) is 6.88. The number of amides is 1. The minimum atomic E-state index is -0.615. The molecule has 0 unspecified atom stereocenters. The lowest BCUT2D eigenvalue weighted by Gasteiger charge is -2.26. The second-order valence-electron chi connectivity index (χ2n) is 5.79. The number of carbonyl (C=O) groups excluding carboxylic acids is 1. The molecule has 0 saturated heterocycles. The van der Waals surface area contributed by atoms with Crippen LogP contribution in [-0.2, 0) is 11.2 Å². The summed E-state index contributed by atoms with van der Waals surface area (Å²) in [7, 11) is 0. The molecule has 2 atom stereocenters. The van der Waals surface area contributed by atoms with E-state index in [1.165, 1.54) is 0 Å². The van der Waals surface area contributed by atoms with E-state index in [1.54, 1.807) is 33.2 Å². The van der Waals surface area contributed by atoms with Gasteiger partial charge in [0, 0.05) is 12.4 Å². The molecule has 0 fully saturated rings. The zero-order chi connectivity index (χ0) is 15.2. The molecule has 1 heterocycles. The number of carbonyl (C=O) groups is 1. The standard InChI is InChI=1S/C15H24N2O3.2ClH/c1-5-13(18)12(10-11-6-8-16-9-7-11)17-14(19)20-15(2,3)4;;/h6-9,12-13,18H,5,10H2,1-4H3,(H,17,19);2*1H/t12-,13+;;/m1../s1. The normalized spacial score (nSPS) is 13.1. The van der Waals surface area contributed by atoms with Gasteiger partial charge in [-0.2, -0.15) is 0 Å². The monoisotopic (exact) mass is 352 g/mol. The number of rotatable bonds is 5. The predicted molar refractivity (Wildman–Crippen MR) is 91.9 cm³/mol. The molecule has 5 nitrogen and oxygen atoms in total. The van der Waals surface area contributed by atoms with Crippen LogP contribution in [0.1, 0.15) is 39.7 Å². The highest BCUT2D eigenvalue weighted by Gasteiger charge is 2.23. The molecule has 0 aromatic carbocycles. The Labute approximate surface area is 144 Å². The van der Waals surface area contributed by atoms with Crippen LogP contribution >= 0.6 is 24.8 Å². The summed E-state index contributed by atoms with van der Waals surface area (Å²) in [5.41, 5.74) is 0.455. The summed E-state index contributed by atoms with van der Waals surface area (Å²) in [6, 6.07) is 3.36. The third-order valence-corrected chi connectivity index (χ3v) is 2.79. The molecule has 7 heteroatoms. The van der Waals surface area contributed by atoms with Gasteiger partial charge in [-0.3, -0.25) is 4.98 Å². The molecule has 0 aliphatic heterocycles. The van der Waals surface area contributed by atoms with Gasteiger partial charge in [-0.15, -0.1) is 24.8 Å². The van der Waals surface area contributed by atoms with Crippen molar-refractivity contribution >= 4 is 30.9 Å². The molecular weight excluding hydrogens is 327 g/mol. The fraction of sp³-hybridized carbons (Fsp3) is 0.600. The zero-order valence-corrected chi connectivity index (χ0v) is 15.0.